The van der Waals surface area contributed by atoms with Gasteiger partial charge in [0.05, 0.1) is 0 Å². The summed E-state index contributed by atoms with van der Waals surface area (Å²) in [6.07, 6.45) is 1.07. The minimum atomic E-state index is -0.756. The summed E-state index contributed by atoms with van der Waals surface area (Å²) in [6, 6.07) is 4.91. The second-order valence-corrected chi connectivity index (χ2v) is 6.00. The number of hydrogen-bond acceptors (Lipinski definition) is 2. The van der Waals surface area contributed by atoms with Gasteiger partial charge in [0.2, 0.25) is 0 Å². The molecule has 0 saturated carbocycles. The van der Waals surface area contributed by atoms with Gasteiger partial charge in [0.25, 0.3) is 0 Å². The smallest absolute Gasteiger partial charge is 0.303 e. The average Bonchev–Trinajstić information content (AvgIpc) is 2.79. The lowest BCUT2D eigenvalue weighted by molar-refractivity contribution is -0.138. The van der Waals surface area contributed by atoms with Gasteiger partial charge >= 0.3 is 5.97 Å². The van der Waals surface area contributed by atoms with Crippen LogP contribution in [-0.2, 0) is 4.79 Å². The van der Waals surface area contributed by atoms with Crippen LogP contribution < -0.4 is 0 Å². The van der Waals surface area contributed by atoms with Crippen LogP contribution in [0, 0.1) is 11.7 Å². The van der Waals surface area contributed by atoms with Crippen LogP contribution in [0.1, 0.15) is 31.4 Å². The zero-order chi connectivity index (χ0) is 14.0. The SMILES string of the molecule is CC(c1cc(Br)ccc1F)N1CCC(CC(=O)O)C1. The summed E-state index contributed by atoms with van der Waals surface area (Å²) in [5.74, 6) is -0.791. The lowest BCUT2D eigenvalue weighted by Gasteiger charge is -2.25. The van der Waals surface area contributed by atoms with Crippen molar-refractivity contribution in [3.63, 3.8) is 0 Å². The molecule has 3 nitrogen and oxygen atoms in total. The van der Waals surface area contributed by atoms with Gasteiger partial charge in [-0.1, -0.05) is 15.9 Å². The van der Waals surface area contributed by atoms with Gasteiger partial charge in [-0.25, -0.2) is 4.39 Å². The Morgan fingerprint density at radius 1 is 1.63 bits per heavy atom. The largest absolute Gasteiger partial charge is 0.481 e. The molecule has 0 aromatic heterocycles. The standard InChI is InChI=1S/C14H17BrFNO2/c1-9(12-7-11(15)2-3-13(12)16)17-5-4-10(8-17)6-14(18)19/h2-3,7,9-10H,4-6,8H2,1H3,(H,18,19). The second-order valence-electron chi connectivity index (χ2n) is 5.09. The van der Waals surface area contributed by atoms with Crippen molar-refractivity contribution in [2.45, 2.75) is 25.8 Å². The molecule has 1 saturated heterocycles. The van der Waals surface area contributed by atoms with Crippen LogP contribution in [0.4, 0.5) is 4.39 Å². The predicted octanol–water partition coefficient (Wildman–Crippen LogP) is 3.45. The third-order valence-corrected chi connectivity index (χ3v) is 4.23. The van der Waals surface area contributed by atoms with E-state index in [-0.39, 0.29) is 24.2 Å². The Hall–Kier alpha value is -0.940. The van der Waals surface area contributed by atoms with Crippen molar-refractivity contribution in [3.05, 3.63) is 34.1 Å². The van der Waals surface area contributed by atoms with Crippen LogP contribution in [0.25, 0.3) is 0 Å². The molecular formula is C14H17BrFNO2. The van der Waals surface area contributed by atoms with E-state index in [0.717, 1.165) is 24.0 Å². The summed E-state index contributed by atoms with van der Waals surface area (Å²) < 4.78 is 14.7. The quantitative estimate of drug-likeness (QED) is 0.919. The van der Waals surface area contributed by atoms with Crippen molar-refractivity contribution in [3.8, 4) is 0 Å². The maximum Gasteiger partial charge on any atom is 0.303 e. The highest BCUT2D eigenvalue weighted by molar-refractivity contribution is 9.10. The molecule has 1 fully saturated rings. The topological polar surface area (TPSA) is 40.5 Å². The maximum absolute atomic E-state index is 13.8. The fourth-order valence-electron chi connectivity index (χ4n) is 2.66. The zero-order valence-corrected chi connectivity index (χ0v) is 12.4. The molecule has 104 valence electrons. The van der Waals surface area contributed by atoms with Crippen LogP contribution in [0.15, 0.2) is 22.7 Å². The summed E-state index contributed by atoms with van der Waals surface area (Å²) >= 11 is 3.35. The highest BCUT2D eigenvalue weighted by Crippen LogP contribution is 2.31. The Morgan fingerprint density at radius 2 is 2.37 bits per heavy atom. The van der Waals surface area contributed by atoms with Crippen molar-refractivity contribution < 1.29 is 14.3 Å². The predicted molar refractivity (Wildman–Crippen MR) is 74.4 cm³/mol. The number of nitrogens with zero attached hydrogens (tertiary/aromatic N) is 1. The minimum absolute atomic E-state index is 0.0312. The first-order valence-corrected chi connectivity index (χ1v) is 7.17. The van der Waals surface area contributed by atoms with E-state index < -0.39 is 5.97 Å². The van der Waals surface area contributed by atoms with Crippen molar-refractivity contribution in [2.75, 3.05) is 13.1 Å². The van der Waals surface area contributed by atoms with Gasteiger partial charge in [-0.15, -0.1) is 0 Å². The van der Waals surface area contributed by atoms with E-state index in [1.54, 1.807) is 12.1 Å². The number of carboxylic acid groups (broad SMARTS) is 1. The number of hydrogen-bond donors (Lipinski definition) is 1. The first kappa shape index (κ1) is 14.5. The fourth-order valence-corrected chi connectivity index (χ4v) is 3.04. The van der Waals surface area contributed by atoms with Crippen molar-refractivity contribution in [1.29, 1.82) is 0 Å². The third kappa shape index (κ3) is 3.54. The molecule has 0 bridgehead atoms. The molecule has 2 rings (SSSR count). The highest BCUT2D eigenvalue weighted by Gasteiger charge is 2.29. The number of rotatable bonds is 4. The molecule has 0 spiro atoms. The van der Waals surface area contributed by atoms with Gasteiger partial charge in [0.15, 0.2) is 0 Å². The van der Waals surface area contributed by atoms with Gasteiger partial charge in [-0.2, -0.15) is 0 Å². The number of halogens is 2. The van der Waals surface area contributed by atoms with E-state index in [4.69, 9.17) is 5.11 Å². The molecule has 1 heterocycles. The van der Waals surface area contributed by atoms with Gasteiger partial charge < -0.3 is 5.11 Å². The van der Waals surface area contributed by atoms with E-state index >= 15 is 0 Å². The van der Waals surface area contributed by atoms with Crippen LogP contribution in [0.3, 0.4) is 0 Å². The maximum atomic E-state index is 13.8. The van der Waals surface area contributed by atoms with Crippen molar-refractivity contribution >= 4 is 21.9 Å². The number of carboxylic acids is 1. The molecule has 2 atom stereocenters. The normalized spacial score (nSPS) is 21.5. The van der Waals surface area contributed by atoms with Crippen LogP contribution >= 0.6 is 15.9 Å². The molecule has 1 N–H and O–H groups in total. The Labute approximate surface area is 120 Å². The molecule has 0 aliphatic carbocycles. The second kappa shape index (κ2) is 6.01. The summed E-state index contributed by atoms with van der Waals surface area (Å²) in [4.78, 5) is 12.9. The molecule has 5 heteroatoms. The number of carbonyl (C=O) groups is 1. The molecule has 1 aliphatic rings. The van der Waals surface area contributed by atoms with E-state index in [2.05, 4.69) is 20.8 Å². The van der Waals surface area contributed by atoms with Gasteiger partial charge in [-0.3, -0.25) is 9.69 Å². The third-order valence-electron chi connectivity index (χ3n) is 3.74. The Morgan fingerprint density at radius 3 is 3.05 bits per heavy atom. The number of aliphatic carboxylic acids is 1. The summed E-state index contributed by atoms with van der Waals surface area (Å²) in [5, 5.41) is 8.81. The van der Waals surface area contributed by atoms with Gasteiger partial charge in [0, 0.05) is 29.0 Å². The molecule has 1 aliphatic heterocycles. The van der Waals surface area contributed by atoms with E-state index in [9.17, 15) is 9.18 Å². The first-order valence-electron chi connectivity index (χ1n) is 6.38. The van der Waals surface area contributed by atoms with Gasteiger partial charge in [0.1, 0.15) is 5.82 Å². The van der Waals surface area contributed by atoms with E-state index in [1.165, 1.54) is 6.07 Å². The average molecular weight is 330 g/mol. The number of likely N-dealkylation sites (tertiary alicyclic amines) is 1. The highest BCUT2D eigenvalue weighted by atomic mass is 79.9. The number of benzene rings is 1. The van der Waals surface area contributed by atoms with E-state index in [0.29, 0.717) is 5.56 Å². The van der Waals surface area contributed by atoms with E-state index in [1.807, 2.05) is 6.92 Å². The molecule has 2 unspecified atom stereocenters. The molecule has 19 heavy (non-hydrogen) atoms. The monoisotopic (exact) mass is 329 g/mol. The Bertz CT molecular complexity index is 481. The fraction of sp³-hybridized carbons (Fsp3) is 0.500. The molecule has 1 aromatic carbocycles. The molecule has 0 radical (unpaired) electrons. The van der Waals surface area contributed by atoms with Crippen LogP contribution in [0.2, 0.25) is 0 Å². The molecule has 1 aromatic rings. The lowest BCUT2D eigenvalue weighted by atomic mass is 10.0. The van der Waals surface area contributed by atoms with Gasteiger partial charge in [-0.05, 0) is 44.0 Å². The lowest BCUT2D eigenvalue weighted by Crippen LogP contribution is -2.25. The summed E-state index contributed by atoms with van der Waals surface area (Å²) in [7, 11) is 0. The van der Waals surface area contributed by atoms with Crippen molar-refractivity contribution in [2.24, 2.45) is 5.92 Å². The Balaban J connectivity index is 2.06. The van der Waals surface area contributed by atoms with Crippen LogP contribution in [0.5, 0.6) is 0 Å². The first-order chi connectivity index (χ1) is 8.97. The minimum Gasteiger partial charge on any atom is -0.481 e. The summed E-state index contributed by atoms with van der Waals surface area (Å²) in [5.41, 5.74) is 0.658. The Kier molecular flexibility index (Phi) is 4.58. The summed E-state index contributed by atoms with van der Waals surface area (Å²) in [6.45, 7) is 3.51. The van der Waals surface area contributed by atoms with Crippen molar-refractivity contribution in [1.82, 2.24) is 4.90 Å². The zero-order valence-electron chi connectivity index (χ0n) is 10.8. The molecule has 0 amide bonds. The molecular weight excluding hydrogens is 313 g/mol. The van der Waals surface area contributed by atoms with Crippen LogP contribution in [-0.4, -0.2) is 29.1 Å².